The van der Waals surface area contributed by atoms with Crippen molar-refractivity contribution in [3.63, 3.8) is 0 Å². The summed E-state index contributed by atoms with van der Waals surface area (Å²) in [5.74, 6) is 4.02. The Hall–Kier alpha value is -2.09. The van der Waals surface area contributed by atoms with Crippen LogP contribution in [0.2, 0.25) is 0 Å². The SMILES string of the molecule is CCNC(=NCc1nccn1CC(C)C)N1CCN(CC(=O)N2CC(C)CC(C)C2)CC1. The highest BCUT2D eigenvalue weighted by Gasteiger charge is 2.28. The summed E-state index contributed by atoms with van der Waals surface area (Å²) in [6.45, 7) is 19.3. The molecule has 2 fully saturated rings. The van der Waals surface area contributed by atoms with E-state index in [1.165, 1.54) is 6.42 Å². The number of carbonyl (C=O) groups is 1. The van der Waals surface area contributed by atoms with Crippen LogP contribution < -0.4 is 5.32 Å². The van der Waals surface area contributed by atoms with Gasteiger partial charge in [0, 0.05) is 64.8 Å². The summed E-state index contributed by atoms with van der Waals surface area (Å²) in [7, 11) is 0. The first-order chi connectivity index (χ1) is 15.4. The van der Waals surface area contributed by atoms with E-state index in [1.807, 2.05) is 12.4 Å². The molecule has 1 aromatic heterocycles. The Balaban J connectivity index is 1.52. The molecule has 0 radical (unpaired) electrons. The normalized spacial score (nSPS) is 23.1. The van der Waals surface area contributed by atoms with Crippen molar-refractivity contribution in [2.24, 2.45) is 22.7 Å². The lowest BCUT2D eigenvalue weighted by Gasteiger charge is -2.39. The molecule has 2 saturated heterocycles. The summed E-state index contributed by atoms with van der Waals surface area (Å²) >= 11 is 0. The first kappa shape index (κ1) is 24.6. The van der Waals surface area contributed by atoms with Crippen LogP contribution in [0.1, 0.15) is 46.9 Å². The fourth-order valence-corrected chi connectivity index (χ4v) is 4.90. The number of amides is 1. The van der Waals surface area contributed by atoms with Crippen molar-refractivity contribution in [1.29, 1.82) is 0 Å². The molecule has 8 nitrogen and oxygen atoms in total. The van der Waals surface area contributed by atoms with Gasteiger partial charge in [-0.2, -0.15) is 0 Å². The number of piperazine rings is 1. The minimum Gasteiger partial charge on any atom is -0.357 e. The minimum atomic E-state index is 0.286. The molecule has 32 heavy (non-hydrogen) atoms. The molecule has 8 heteroatoms. The summed E-state index contributed by atoms with van der Waals surface area (Å²) in [4.78, 5) is 28.9. The van der Waals surface area contributed by atoms with Gasteiger partial charge in [0.2, 0.25) is 5.91 Å². The maximum atomic E-state index is 12.8. The van der Waals surface area contributed by atoms with E-state index in [0.717, 1.165) is 64.1 Å². The fraction of sp³-hybridized carbons (Fsp3) is 0.792. The number of aliphatic imine (C=N–C) groups is 1. The van der Waals surface area contributed by atoms with Crippen LogP contribution in [-0.4, -0.2) is 88.5 Å². The molecular formula is C24H43N7O. The van der Waals surface area contributed by atoms with Gasteiger partial charge in [-0.1, -0.05) is 27.7 Å². The third-order valence-corrected chi connectivity index (χ3v) is 6.32. The lowest BCUT2D eigenvalue weighted by Crippen LogP contribution is -2.55. The zero-order valence-electron chi connectivity index (χ0n) is 20.8. The first-order valence-electron chi connectivity index (χ1n) is 12.4. The van der Waals surface area contributed by atoms with E-state index >= 15 is 0 Å². The summed E-state index contributed by atoms with van der Waals surface area (Å²) in [6.07, 6.45) is 5.13. The maximum absolute atomic E-state index is 12.8. The second-order valence-electron chi connectivity index (χ2n) is 10.1. The van der Waals surface area contributed by atoms with E-state index in [1.54, 1.807) is 0 Å². The highest BCUT2D eigenvalue weighted by atomic mass is 16.2. The molecule has 0 bridgehead atoms. The van der Waals surface area contributed by atoms with Gasteiger partial charge in [-0.25, -0.2) is 9.98 Å². The van der Waals surface area contributed by atoms with Gasteiger partial charge < -0.3 is 19.7 Å². The third-order valence-electron chi connectivity index (χ3n) is 6.32. The molecule has 3 rings (SSSR count). The van der Waals surface area contributed by atoms with Crippen LogP contribution in [0.15, 0.2) is 17.4 Å². The van der Waals surface area contributed by atoms with Gasteiger partial charge in [-0.15, -0.1) is 0 Å². The van der Waals surface area contributed by atoms with E-state index in [-0.39, 0.29) is 5.91 Å². The Kier molecular flexibility index (Phi) is 8.96. The number of rotatable bonds is 7. The smallest absolute Gasteiger partial charge is 0.236 e. The Morgan fingerprint density at radius 2 is 1.84 bits per heavy atom. The zero-order valence-corrected chi connectivity index (χ0v) is 20.8. The van der Waals surface area contributed by atoms with Gasteiger partial charge in [0.15, 0.2) is 5.96 Å². The van der Waals surface area contributed by atoms with Gasteiger partial charge in [0.1, 0.15) is 12.4 Å². The van der Waals surface area contributed by atoms with Crippen LogP contribution in [0.25, 0.3) is 0 Å². The Labute approximate surface area is 194 Å². The molecule has 3 heterocycles. The van der Waals surface area contributed by atoms with E-state index in [9.17, 15) is 4.79 Å². The molecule has 180 valence electrons. The van der Waals surface area contributed by atoms with Crippen molar-refractivity contribution in [2.45, 2.75) is 54.1 Å². The lowest BCUT2D eigenvalue weighted by molar-refractivity contribution is -0.135. The van der Waals surface area contributed by atoms with Crippen LogP contribution in [0.5, 0.6) is 0 Å². The van der Waals surface area contributed by atoms with Crippen molar-refractivity contribution in [3.8, 4) is 0 Å². The summed E-state index contributed by atoms with van der Waals surface area (Å²) < 4.78 is 2.20. The second-order valence-corrected chi connectivity index (χ2v) is 10.1. The van der Waals surface area contributed by atoms with Crippen molar-refractivity contribution in [1.82, 2.24) is 29.6 Å². The van der Waals surface area contributed by atoms with Gasteiger partial charge in [0.05, 0.1) is 6.54 Å². The van der Waals surface area contributed by atoms with Crippen molar-refractivity contribution in [2.75, 3.05) is 52.4 Å². The first-order valence-corrected chi connectivity index (χ1v) is 12.4. The van der Waals surface area contributed by atoms with E-state index in [0.29, 0.717) is 30.8 Å². The van der Waals surface area contributed by atoms with Crippen LogP contribution in [-0.2, 0) is 17.9 Å². The summed E-state index contributed by atoms with van der Waals surface area (Å²) in [5, 5.41) is 3.44. The number of nitrogens with zero attached hydrogens (tertiary/aromatic N) is 6. The lowest BCUT2D eigenvalue weighted by atomic mass is 9.92. The Bertz CT molecular complexity index is 741. The number of imidazole rings is 1. The molecule has 0 spiro atoms. The average Bonchev–Trinajstić information content (AvgIpc) is 3.17. The second kappa shape index (κ2) is 11.7. The van der Waals surface area contributed by atoms with E-state index in [2.05, 4.69) is 64.2 Å². The number of carbonyl (C=O) groups excluding carboxylic acids is 1. The van der Waals surface area contributed by atoms with Crippen LogP contribution in [0.4, 0.5) is 0 Å². The number of hydrogen-bond acceptors (Lipinski definition) is 4. The van der Waals surface area contributed by atoms with Crippen LogP contribution in [0.3, 0.4) is 0 Å². The van der Waals surface area contributed by atoms with Gasteiger partial charge in [0.25, 0.3) is 0 Å². The highest BCUT2D eigenvalue weighted by Crippen LogP contribution is 2.21. The number of guanidine groups is 1. The van der Waals surface area contributed by atoms with Crippen molar-refractivity contribution in [3.05, 3.63) is 18.2 Å². The number of nitrogens with one attached hydrogen (secondary N) is 1. The molecule has 2 aliphatic rings. The molecule has 1 aromatic rings. The predicted molar refractivity (Wildman–Crippen MR) is 129 cm³/mol. The summed E-state index contributed by atoms with van der Waals surface area (Å²) in [5.41, 5.74) is 0. The molecule has 0 aromatic carbocycles. The summed E-state index contributed by atoms with van der Waals surface area (Å²) in [6, 6.07) is 0. The van der Waals surface area contributed by atoms with Crippen LogP contribution in [0, 0.1) is 17.8 Å². The molecule has 2 atom stereocenters. The fourth-order valence-electron chi connectivity index (χ4n) is 4.90. The third kappa shape index (κ3) is 6.95. The van der Waals surface area contributed by atoms with Crippen molar-refractivity contribution < 1.29 is 4.79 Å². The van der Waals surface area contributed by atoms with E-state index < -0.39 is 0 Å². The van der Waals surface area contributed by atoms with E-state index in [4.69, 9.17) is 4.99 Å². The quantitative estimate of drug-likeness (QED) is 0.514. The average molecular weight is 446 g/mol. The van der Waals surface area contributed by atoms with Gasteiger partial charge in [-0.05, 0) is 31.1 Å². The number of piperidine rings is 1. The Morgan fingerprint density at radius 3 is 2.47 bits per heavy atom. The number of aromatic nitrogens is 2. The standard InChI is InChI=1S/C24H43N7O/c1-6-25-24(27-14-22-26-7-8-30(22)15-19(2)3)29-11-9-28(10-12-29)18-23(32)31-16-20(4)13-21(5)17-31/h7-8,19-21H,6,9-18H2,1-5H3,(H,25,27). The maximum Gasteiger partial charge on any atom is 0.236 e. The molecule has 1 amide bonds. The molecule has 2 unspecified atom stereocenters. The molecule has 2 aliphatic heterocycles. The van der Waals surface area contributed by atoms with Gasteiger partial charge in [-0.3, -0.25) is 9.69 Å². The molecule has 1 N–H and O–H groups in total. The van der Waals surface area contributed by atoms with Crippen LogP contribution >= 0.6 is 0 Å². The topological polar surface area (TPSA) is 69.0 Å². The van der Waals surface area contributed by atoms with Crippen molar-refractivity contribution >= 4 is 11.9 Å². The molecule has 0 aliphatic carbocycles. The zero-order chi connectivity index (χ0) is 23.1. The van der Waals surface area contributed by atoms with Gasteiger partial charge >= 0.3 is 0 Å². The largest absolute Gasteiger partial charge is 0.357 e. The minimum absolute atomic E-state index is 0.286. The number of likely N-dealkylation sites (tertiary alicyclic amines) is 1. The highest BCUT2D eigenvalue weighted by molar-refractivity contribution is 5.80. The number of hydrogen-bond donors (Lipinski definition) is 1. The predicted octanol–water partition coefficient (Wildman–Crippen LogP) is 2.13. The Morgan fingerprint density at radius 1 is 1.16 bits per heavy atom. The monoisotopic (exact) mass is 445 g/mol. The molecular weight excluding hydrogens is 402 g/mol. The molecule has 0 saturated carbocycles.